The third kappa shape index (κ3) is 6.02. The highest BCUT2D eigenvalue weighted by Gasteiger charge is 2.18. The largest absolute Gasteiger partial charge is 0.393 e. The van der Waals surface area contributed by atoms with E-state index < -0.39 is 13.0 Å². The Morgan fingerprint density at radius 2 is 1.93 bits per heavy atom. The minimum atomic E-state index is -2.38. The van der Waals surface area contributed by atoms with Crippen molar-refractivity contribution >= 4 is 0 Å². The summed E-state index contributed by atoms with van der Waals surface area (Å²) < 4.78 is 28.1. The van der Waals surface area contributed by atoms with Gasteiger partial charge in [-0.3, -0.25) is 0 Å². The third-order valence-electron chi connectivity index (χ3n) is 2.62. The van der Waals surface area contributed by atoms with Crippen molar-refractivity contribution in [3.05, 3.63) is 0 Å². The van der Waals surface area contributed by atoms with Crippen LogP contribution in [0.4, 0.5) is 8.78 Å². The van der Waals surface area contributed by atoms with Crippen molar-refractivity contribution in [3.8, 4) is 0 Å². The van der Waals surface area contributed by atoms with Crippen molar-refractivity contribution in [1.82, 2.24) is 5.32 Å². The van der Waals surface area contributed by atoms with Gasteiger partial charge >= 0.3 is 0 Å². The zero-order valence-corrected chi connectivity index (χ0v) is 8.79. The van der Waals surface area contributed by atoms with E-state index in [1.807, 2.05) is 0 Å². The van der Waals surface area contributed by atoms with E-state index in [9.17, 15) is 13.9 Å². The molecule has 15 heavy (non-hydrogen) atoms. The number of halogens is 2. The first-order valence-electron chi connectivity index (χ1n) is 5.46. The van der Waals surface area contributed by atoms with E-state index in [1.54, 1.807) is 0 Å². The number of aliphatic hydroxyl groups excluding tert-OH is 1. The van der Waals surface area contributed by atoms with Crippen LogP contribution in [0, 0.1) is 0 Å². The molecule has 0 aromatic carbocycles. The van der Waals surface area contributed by atoms with Crippen molar-refractivity contribution in [2.45, 2.75) is 44.3 Å². The summed E-state index contributed by atoms with van der Waals surface area (Å²) in [6, 6.07) is 0.406. The Morgan fingerprint density at radius 1 is 1.27 bits per heavy atom. The van der Waals surface area contributed by atoms with Gasteiger partial charge in [-0.15, -0.1) is 0 Å². The van der Waals surface area contributed by atoms with E-state index in [-0.39, 0.29) is 6.10 Å². The summed E-state index contributed by atoms with van der Waals surface area (Å²) in [4.78, 5) is 0. The van der Waals surface area contributed by atoms with Crippen molar-refractivity contribution in [2.24, 2.45) is 0 Å². The van der Waals surface area contributed by atoms with Gasteiger partial charge in [0.2, 0.25) is 0 Å². The maximum Gasteiger partial charge on any atom is 0.261 e. The first kappa shape index (κ1) is 12.8. The van der Waals surface area contributed by atoms with Crippen molar-refractivity contribution in [2.75, 3.05) is 19.8 Å². The molecule has 0 aromatic heterocycles. The van der Waals surface area contributed by atoms with Crippen LogP contribution in [-0.4, -0.2) is 43.4 Å². The predicted molar refractivity (Wildman–Crippen MR) is 53.1 cm³/mol. The smallest absolute Gasteiger partial charge is 0.261 e. The molecule has 3 nitrogen and oxygen atoms in total. The number of hydrogen-bond acceptors (Lipinski definition) is 3. The van der Waals surface area contributed by atoms with Crippen LogP contribution >= 0.6 is 0 Å². The lowest BCUT2D eigenvalue weighted by molar-refractivity contribution is 0.0174. The van der Waals surface area contributed by atoms with Crippen LogP contribution in [0.1, 0.15) is 25.7 Å². The molecule has 0 radical (unpaired) electrons. The molecule has 0 saturated heterocycles. The highest BCUT2D eigenvalue weighted by Crippen LogP contribution is 2.17. The maximum absolute atomic E-state index is 11.7. The van der Waals surface area contributed by atoms with E-state index >= 15 is 0 Å². The number of ether oxygens (including phenoxy) is 1. The van der Waals surface area contributed by atoms with E-state index in [4.69, 9.17) is 4.74 Å². The van der Waals surface area contributed by atoms with Crippen molar-refractivity contribution < 1.29 is 18.6 Å². The van der Waals surface area contributed by atoms with Crippen LogP contribution in [0.15, 0.2) is 0 Å². The molecule has 0 unspecified atom stereocenters. The van der Waals surface area contributed by atoms with E-state index in [0.29, 0.717) is 19.2 Å². The molecule has 0 atom stereocenters. The molecule has 1 rings (SSSR count). The van der Waals surface area contributed by atoms with Crippen LogP contribution in [0.5, 0.6) is 0 Å². The quantitative estimate of drug-likeness (QED) is 0.664. The Labute approximate surface area is 88.8 Å². The summed E-state index contributed by atoms with van der Waals surface area (Å²) in [5.41, 5.74) is 0. The van der Waals surface area contributed by atoms with Gasteiger partial charge in [-0.2, -0.15) is 0 Å². The molecule has 2 N–H and O–H groups in total. The summed E-state index contributed by atoms with van der Waals surface area (Å²) >= 11 is 0. The van der Waals surface area contributed by atoms with Gasteiger partial charge in [-0.05, 0) is 25.7 Å². The van der Waals surface area contributed by atoms with E-state index in [1.165, 1.54) is 0 Å². The fourth-order valence-electron chi connectivity index (χ4n) is 1.79. The van der Waals surface area contributed by atoms with Gasteiger partial charge in [0, 0.05) is 12.6 Å². The van der Waals surface area contributed by atoms with Crippen molar-refractivity contribution in [3.63, 3.8) is 0 Å². The van der Waals surface area contributed by atoms with Crippen molar-refractivity contribution in [1.29, 1.82) is 0 Å². The fraction of sp³-hybridized carbons (Fsp3) is 1.00. The molecule has 5 heteroatoms. The van der Waals surface area contributed by atoms with E-state index in [2.05, 4.69) is 5.32 Å². The molecule has 0 bridgehead atoms. The SMILES string of the molecule is OC1CCC(NCCOCC(F)F)CC1. The van der Waals surface area contributed by atoms with Gasteiger partial charge in [0.05, 0.1) is 12.7 Å². The second kappa shape index (κ2) is 7.09. The summed E-state index contributed by atoms with van der Waals surface area (Å²) in [6.45, 7) is 0.446. The predicted octanol–water partition coefficient (Wildman–Crippen LogP) is 1.16. The fourth-order valence-corrected chi connectivity index (χ4v) is 1.79. The Balaban J connectivity index is 1.91. The van der Waals surface area contributed by atoms with Gasteiger partial charge < -0.3 is 15.2 Å². The van der Waals surface area contributed by atoms with Crippen LogP contribution in [0.2, 0.25) is 0 Å². The van der Waals surface area contributed by atoms with Gasteiger partial charge in [0.1, 0.15) is 6.61 Å². The summed E-state index contributed by atoms with van der Waals surface area (Å²) in [7, 11) is 0. The molecule has 0 aromatic rings. The van der Waals surface area contributed by atoms with E-state index in [0.717, 1.165) is 25.7 Å². The maximum atomic E-state index is 11.7. The zero-order valence-electron chi connectivity index (χ0n) is 8.79. The Hall–Kier alpha value is -0.260. The molecule has 0 amide bonds. The van der Waals surface area contributed by atoms with Gasteiger partial charge in [-0.1, -0.05) is 0 Å². The Kier molecular flexibility index (Phi) is 6.05. The van der Waals surface area contributed by atoms with Gasteiger partial charge in [-0.25, -0.2) is 8.78 Å². The lowest BCUT2D eigenvalue weighted by atomic mass is 9.93. The van der Waals surface area contributed by atoms with Gasteiger partial charge in [0.15, 0.2) is 0 Å². The number of nitrogens with one attached hydrogen (secondary N) is 1. The molecule has 1 fully saturated rings. The van der Waals surface area contributed by atoms with Crippen LogP contribution in [0.25, 0.3) is 0 Å². The lowest BCUT2D eigenvalue weighted by Gasteiger charge is -2.26. The topological polar surface area (TPSA) is 41.5 Å². The number of aliphatic hydroxyl groups is 1. The Morgan fingerprint density at radius 3 is 2.53 bits per heavy atom. The molecule has 0 spiro atoms. The first-order valence-corrected chi connectivity index (χ1v) is 5.46. The van der Waals surface area contributed by atoms with Gasteiger partial charge in [0.25, 0.3) is 6.43 Å². The minimum absolute atomic E-state index is 0.155. The molecule has 0 aliphatic heterocycles. The molecule has 1 aliphatic rings. The average molecular weight is 223 g/mol. The normalized spacial score (nSPS) is 27.2. The molecular weight excluding hydrogens is 204 g/mol. The Bertz CT molecular complexity index is 162. The summed E-state index contributed by atoms with van der Waals surface area (Å²) in [5, 5.41) is 12.5. The highest BCUT2D eigenvalue weighted by atomic mass is 19.3. The molecule has 90 valence electrons. The number of rotatable bonds is 6. The first-order chi connectivity index (χ1) is 7.18. The van der Waals surface area contributed by atoms with Crippen LogP contribution in [0.3, 0.4) is 0 Å². The molecule has 0 heterocycles. The highest BCUT2D eigenvalue weighted by molar-refractivity contribution is 4.76. The number of alkyl halides is 2. The summed E-state index contributed by atoms with van der Waals surface area (Å²) in [6.07, 6.45) is 1.03. The monoisotopic (exact) mass is 223 g/mol. The standard InChI is InChI=1S/C10H19F2NO2/c11-10(12)7-15-6-5-13-8-1-3-9(14)4-2-8/h8-10,13-14H,1-7H2. The third-order valence-corrected chi connectivity index (χ3v) is 2.62. The van der Waals surface area contributed by atoms with Crippen LogP contribution in [-0.2, 0) is 4.74 Å². The second-order valence-electron chi connectivity index (χ2n) is 3.93. The second-order valence-corrected chi connectivity index (χ2v) is 3.93. The zero-order chi connectivity index (χ0) is 11.1. The molecular formula is C10H19F2NO2. The number of hydrogen-bond donors (Lipinski definition) is 2. The molecule has 1 aliphatic carbocycles. The average Bonchev–Trinajstić information content (AvgIpc) is 2.20. The minimum Gasteiger partial charge on any atom is -0.393 e. The van der Waals surface area contributed by atoms with Crippen LogP contribution < -0.4 is 5.32 Å². The molecule has 1 saturated carbocycles. The lowest BCUT2D eigenvalue weighted by Crippen LogP contribution is -2.36. The summed E-state index contributed by atoms with van der Waals surface area (Å²) in [5.74, 6) is 0.